The van der Waals surface area contributed by atoms with E-state index in [-0.39, 0.29) is 0 Å². The number of fused-ring (bicyclic) bond motifs is 2. The van der Waals surface area contributed by atoms with Crippen LogP contribution in [-0.4, -0.2) is 38.6 Å². The van der Waals surface area contributed by atoms with E-state index >= 15 is 0 Å². The zero-order valence-corrected chi connectivity index (χ0v) is 17.1. The number of likely N-dealkylation sites (tertiary alicyclic amines) is 1. The Morgan fingerprint density at radius 1 is 0.828 bits per heavy atom. The molecule has 1 saturated heterocycles. The molecule has 4 nitrogen and oxygen atoms in total. The lowest BCUT2D eigenvalue weighted by molar-refractivity contribution is 0.123. The molecular formula is C25H30N4. The Morgan fingerprint density at radius 2 is 1.66 bits per heavy atom. The third kappa shape index (κ3) is 3.09. The Hall–Kier alpha value is -2.20. The first-order valence-corrected chi connectivity index (χ1v) is 11.5. The fraction of sp³-hybridized carbons (Fsp3) is 0.520. The van der Waals surface area contributed by atoms with Gasteiger partial charge in [-0.2, -0.15) is 0 Å². The van der Waals surface area contributed by atoms with Crippen molar-refractivity contribution in [3.8, 4) is 0 Å². The molecule has 1 unspecified atom stereocenters. The highest BCUT2D eigenvalue weighted by molar-refractivity contribution is 5.71. The van der Waals surface area contributed by atoms with Crippen LogP contribution in [0, 0.1) is 0 Å². The molecule has 1 aliphatic heterocycles. The molecule has 1 aromatic carbocycles. The van der Waals surface area contributed by atoms with Gasteiger partial charge in [0.15, 0.2) is 5.65 Å². The van der Waals surface area contributed by atoms with Gasteiger partial charge in [-0.25, -0.2) is 9.97 Å². The average Bonchev–Trinajstić information content (AvgIpc) is 3.11. The van der Waals surface area contributed by atoms with E-state index in [0.29, 0.717) is 12.0 Å². The Bertz CT molecular complexity index is 1010. The summed E-state index contributed by atoms with van der Waals surface area (Å²) in [6, 6.07) is 14.5. The topological polar surface area (TPSA) is 34.0 Å². The van der Waals surface area contributed by atoms with Gasteiger partial charge in [-0.05, 0) is 68.2 Å². The Kier molecular flexibility index (Phi) is 4.41. The van der Waals surface area contributed by atoms with Crippen LogP contribution in [0.1, 0.15) is 67.4 Å². The minimum absolute atomic E-state index is 0.553. The smallest absolute Gasteiger partial charge is 0.160 e. The van der Waals surface area contributed by atoms with E-state index in [1.54, 1.807) is 11.1 Å². The van der Waals surface area contributed by atoms with Crippen LogP contribution < -0.4 is 0 Å². The number of nitrogens with zero attached hydrogens (tertiary/aromatic N) is 4. The van der Waals surface area contributed by atoms with Crippen molar-refractivity contribution in [3.63, 3.8) is 0 Å². The monoisotopic (exact) mass is 386 g/mol. The second-order valence-corrected chi connectivity index (χ2v) is 9.25. The first-order valence-electron chi connectivity index (χ1n) is 11.5. The van der Waals surface area contributed by atoms with E-state index in [1.807, 2.05) is 12.3 Å². The molecule has 6 rings (SSSR count). The van der Waals surface area contributed by atoms with Crippen LogP contribution in [0.25, 0.3) is 11.2 Å². The van der Waals surface area contributed by atoms with Gasteiger partial charge in [0.1, 0.15) is 11.3 Å². The summed E-state index contributed by atoms with van der Waals surface area (Å²) in [4.78, 5) is 12.5. The molecule has 2 fully saturated rings. The van der Waals surface area contributed by atoms with E-state index in [4.69, 9.17) is 9.97 Å². The standard InChI is InChI=1S/C25H30N4/c1-2-6-20-17-22(11-10-18(20)5-1)28-15-12-21(13-16-28)29-24(19-7-3-8-19)27-23-9-4-14-26-25(23)29/h1-2,4-6,9,14,19,21-22H,3,7-8,10-13,15-17H2. The molecule has 2 aromatic heterocycles. The van der Waals surface area contributed by atoms with Crippen molar-refractivity contribution in [1.82, 2.24) is 19.4 Å². The molecule has 0 bridgehead atoms. The maximum atomic E-state index is 5.03. The van der Waals surface area contributed by atoms with Gasteiger partial charge in [0.2, 0.25) is 0 Å². The summed E-state index contributed by atoms with van der Waals surface area (Å²) < 4.78 is 2.53. The molecule has 150 valence electrons. The van der Waals surface area contributed by atoms with Crippen LogP contribution in [0.4, 0.5) is 0 Å². The van der Waals surface area contributed by atoms with Crippen molar-refractivity contribution in [1.29, 1.82) is 0 Å². The number of hydrogen-bond acceptors (Lipinski definition) is 3. The molecule has 0 spiro atoms. The molecule has 3 aliphatic rings. The summed E-state index contributed by atoms with van der Waals surface area (Å²) in [6.07, 6.45) is 12.1. The highest BCUT2D eigenvalue weighted by Gasteiger charge is 2.33. The minimum Gasteiger partial charge on any atom is -0.309 e. The Morgan fingerprint density at radius 3 is 2.45 bits per heavy atom. The lowest BCUT2D eigenvalue weighted by Crippen LogP contribution is -2.44. The van der Waals surface area contributed by atoms with Gasteiger partial charge in [0.05, 0.1) is 0 Å². The van der Waals surface area contributed by atoms with E-state index < -0.39 is 0 Å². The van der Waals surface area contributed by atoms with Crippen molar-refractivity contribution >= 4 is 11.2 Å². The lowest BCUT2D eigenvalue weighted by atomic mass is 9.84. The third-order valence-corrected chi connectivity index (χ3v) is 7.65. The number of hydrogen-bond donors (Lipinski definition) is 0. The normalized spacial score (nSPS) is 23.8. The van der Waals surface area contributed by atoms with E-state index in [0.717, 1.165) is 17.2 Å². The first-order chi connectivity index (χ1) is 14.4. The van der Waals surface area contributed by atoms with E-state index in [1.165, 1.54) is 70.3 Å². The fourth-order valence-electron chi connectivity index (χ4n) is 5.76. The maximum Gasteiger partial charge on any atom is 0.160 e. The molecule has 1 saturated carbocycles. The number of rotatable bonds is 3. The summed E-state index contributed by atoms with van der Waals surface area (Å²) in [5, 5.41) is 0. The van der Waals surface area contributed by atoms with Gasteiger partial charge < -0.3 is 4.57 Å². The molecule has 4 heteroatoms. The molecule has 3 heterocycles. The Labute approximate surface area is 173 Å². The van der Waals surface area contributed by atoms with Gasteiger partial charge in [-0.15, -0.1) is 0 Å². The Balaban J connectivity index is 1.21. The molecule has 2 aliphatic carbocycles. The van der Waals surface area contributed by atoms with Crippen molar-refractivity contribution in [3.05, 3.63) is 59.5 Å². The summed E-state index contributed by atoms with van der Waals surface area (Å²) in [6.45, 7) is 2.40. The molecule has 0 radical (unpaired) electrons. The fourth-order valence-corrected chi connectivity index (χ4v) is 5.76. The predicted octanol–water partition coefficient (Wildman–Crippen LogP) is 4.89. The van der Waals surface area contributed by atoms with Crippen LogP contribution in [0.2, 0.25) is 0 Å². The highest BCUT2D eigenvalue weighted by Crippen LogP contribution is 2.40. The number of aryl methyl sites for hydroxylation is 1. The highest BCUT2D eigenvalue weighted by atomic mass is 15.2. The molecule has 29 heavy (non-hydrogen) atoms. The van der Waals surface area contributed by atoms with Crippen molar-refractivity contribution < 1.29 is 0 Å². The molecule has 0 amide bonds. The van der Waals surface area contributed by atoms with Crippen LogP contribution in [0.3, 0.4) is 0 Å². The van der Waals surface area contributed by atoms with Crippen LogP contribution in [0.5, 0.6) is 0 Å². The first kappa shape index (κ1) is 17.6. The number of piperidine rings is 1. The van der Waals surface area contributed by atoms with Gasteiger partial charge in [0, 0.05) is 37.3 Å². The van der Waals surface area contributed by atoms with Gasteiger partial charge >= 0.3 is 0 Å². The molecule has 1 atom stereocenters. The maximum absolute atomic E-state index is 5.03. The second-order valence-electron chi connectivity index (χ2n) is 9.25. The van der Waals surface area contributed by atoms with Gasteiger partial charge in [0.25, 0.3) is 0 Å². The number of benzene rings is 1. The third-order valence-electron chi connectivity index (χ3n) is 7.65. The average molecular weight is 387 g/mol. The van der Waals surface area contributed by atoms with E-state index in [9.17, 15) is 0 Å². The molecule has 0 N–H and O–H groups in total. The number of pyridine rings is 1. The summed E-state index contributed by atoms with van der Waals surface area (Å²) in [7, 11) is 0. The zero-order chi connectivity index (χ0) is 19.2. The van der Waals surface area contributed by atoms with Crippen LogP contribution in [-0.2, 0) is 12.8 Å². The summed E-state index contributed by atoms with van der Waals surface area (Å²) in [5.74, 6) is 1.96. The quantitative estimate of drug-likeness (QED) is 0.642. The largest absolute Gasteiger partial charge is 0.309 e. The van der Waals surface area contributed by atoms with Gasteiger partial charge in [-0.3, -0.25) is 4.90 Å². The summed E-state index contributed by atoms with van der Waals surface area (Å²) in [5.41, 5.74) is 5.34. The molecule has 3 aromatic rings. The number of imidazole rings is 1. The van der Waals surface area contributed by atoms with E-state index in [2.05, 4.69) is 39.8 Å². The lowest BCUT2D eigenvalue weighted by Gasteiger charge is -2.40. The van der Waals surface area contributed by atoms with Crippen LogP contribution in [0.15, 0.2) is 42.6 Å². The second kappa shape index (κ2) is 7.24. The van der Waals surface area contributed by atoms with Crippen molar-refractivity contribution in [2.45, 2.75) is 69.4 Å². The van der Waals surface area contributed by atoms with Crippen molar-refractivity contribution in [2.24, 2.45) is 0 Å². The van der Waals surface area contributed by atoms with Crippen LogP contribution >= 0.6 is 0 Å². The zero-order valence-electron chi connectivity index (χ0n) is 17.1. The number of aromatic nitrogens is 3. The van der Waals surface area contributed by atoms with Crippen molar-refractivity contribution in [2.75, 3.05) is 13.1 Å². The van der Waals surface area contributed by atoms with Gasteiger partial charge in [-0.1, -0.05) is 30.7 Å². The molecular weight excluding hydrogens is 356 g/mol. The predicted molar refractivity (Wildman–Crippen MR) is 116 cm³/mol. The SMILES string of the molecule is c1ccc2c(c1)CCC(N1CCC(n3c(C4CCC4)nc4cccnc43)CC1)C2. The summed E-state index contributed by atoms with van der Waals surface area (Å²) >= 11 is 0. The minimum atomic E-state index is 0.553.